The lowest BCUT2D eigenvalue weighted by atomic mass is 9.84. The molecule has 2 aromatic rings. The fraction of sp³-hybridized carbons (Fsp3) is 0.524. The molecule has 4 heteroatoms. The molecule has 1 aliphatic rings. The Hall–Kier alpha value is -1.78. The second-order valence-electron chi connectivity index (χ2n) is 7.69. The van der Waals surface area contributed by atoms with Gasteiger partial charge in [-0.15, -0.1) is 0 Å². The average molecular weight is 338 g/mol. The molecule has 4 nitrogen and oxygen atoms in total. The van der Waals surface area contributed by atoms with Crippen molar-refractivity contribution < 1.29 is 0 Å². The highest BCUT2D eigenvalue weighted by atomic mass is 15.2. The summed E-state index contributed by atoms with van der Waals surface area (Å²) >= 11 is 0. The molecule has 1 aromatic carbocycles. The third-order valence-corrected chi connectivity index (χ3v) is 5.26. The highest BCUT2D eigenvalue weighted by Crippen LogP contribution is 2.28. The van der Waals surface area contributed by atoms with Crippen LogP contribution in [0.5, 0.6) is 0 Å². The van der Waals surface area contributed by atoms with Crippen molar-refractivity contribution in [2.45, 2.75) is 39.9 Å². The van der Waals surface area contributed by atoms with Gasteiger partial charge in [-0.25, -0.2) is 0 Å². The molecule has 2 atom stereocenters. The topological polar surface area (TPSA) is 32.3 Å². The number of rotatable bonds is 5. The SMILES string of the molecule is Cc1cnc(CN(C)C2[C@H](C)CN(Cc3ccccc3)C[C@H]2C)cn1. The Morgan fingerprint density at radius 1 is 1.04 bits per heavy atom. The van der Waals surface area contributed by atoms with Gasteiger partial charge in [0, 0.05) is 44.6 Å². The lowest BCUT2D eigenvalue weighted by Gasteiger charge is -2.45. The van der Waals surface area contributed by atoms with Gasteiger partial charge in [0.15, 0.2) is 0 Å². The lowest BCUT2D eigenvalue weighted by molar-refractivity contribution is 0.0285. The first-order valence-electron chi connectivity index (χ1n) is 9.27. The second-order valence-corrected chi connectivity index (χ2v) is 7.69. The lowest BCUT2D eigenvalue weighted by Crippen LogP contribution is -2.53. The first kappa shape index (κ1) is 18.0. The van der Waals surface area contributed by atoms with Gasteiger partial charge in [-0.05, 0) is 31.4 Å². The molecule has 0 saturated carbocycles. The molecule has 0 amide bonds. The van der Waals surface area contributed by atoms with E-state index in [2.05, 4.69) is 71.0 Å². The first-order valence-corrected chi connectivity index (χ1v) is 9.27. The third kappa shape index (κ3) is 4.65. The van der Waals surface area contributed by atoms with Crippen LogP contribution >= 0.6 is 0 Å². The maximum Gasteiger partial charge on any atom is 0.0727 e. The molecule has 1 aliphatic heterocycles. The summed E-state index contributed by atoms with van der Waals surface area (Å²) < 4.78 is 0. The maximum absolute atomic E-state index is 4.52. The zero-order chi connectivity index (χ0) is 17.8. The van der Waals surface area contributed by atoms with Crippen LogP contribution in [0.25, 0.3) is 0 Å². The monoisotopic (exact) mass is 338 g/mol. The van der Waals surface area contributed by atoms with E-state index < -0.39 is 0 Å². The first-order chi connectivity index (χ1) is 12.0. The normalized spacial score (nSPS) is 22.4. The second kappa shape index (κ2) is 8.07. The van der Waals surface area contributed by atoms with Crippen molar-refractivity contribution in [2.24, 2.45) is 11.8 Å². The van der Waals surface area contributed by atoms with E-state index in [0.29, 0.717) is 17.9 Å². The van der Waals surface area contributed by atoms with Crippen LogP contribution in [0.2, 0.25) is 0 Å². The summed E-state index contributed by atoms with van der Waals surface area (Å²) in [6.45, 7) is 11.0. The Morgan fingerprint density at radius 2 is 1.72 bits per heavy atom. The minimum Gasteiger partial charge on any atom is -0.298 e. The van der Waals surface area contributed by atoms with Gasteiger partial charge < -0.3 is 0 Å². The average Bonchev–Trinajstić information content (AvgIpc) is 2.57. The summed E-state index contributed by atoms with van der Waals surface area (Å²) in [4.78, 5) is 14.0. The van der Waals surface area contributed by atoms with Gasteiger partial charge in [0.05, 0.1) is 11.4 Å². The summed E-state index contributed by atoms with van der Waals surface area (Å²) in [7, 11) is 2.23. The molecule has 134 valence electrons. The summed E-state index contributed by atoms with van der Waals surface area (Å²) in [6, 6.07) is 11.4. The predicted molar refractivity (Wildman–Crippen MR) is 102 cm³/mol. The molecule has 1 saturated heterocycles. The Bertz CT molecular complexity index is 643. The minimum atomic E-state index is 0.579. The van der Waals surface area contributed by atoms with E-state index in [-0.39, 0.29) is 0 Å². The largest absolute Gasteiger partial charge is 0.298 e. The predicted octanol–water partition coefficient (Wildman–Crippen LogP) is 3.37. The van der Waals surface area contributed by atoms with Crippen LogP contribution in [0.3, 0.4) is 0 Å². The van der Waals surface area contributed by atoms with E-state index in [1.165, 1.54) is 5.56 Å². The number of hydrogen-bond donors (Lipinski definition) is 0. The maximum atomic E-state index is 4.52. The molecule has 1 aromatic heterocycles. The smallest absolute Gasteiger partial charge is 0.0727 e. The van der Waals surface area contributed by atoms with Crippen LogP contribution in [0.1, 0.15) is 30.8 Å². The molecule has 0 unspecified atom stereocenters. The summed E-state index contributed by atoms with van der Waals surface area (Å²) in [5.74, 6) is 1.27. The molecule has 0 radical (unpaired) electrons. The van der Waals surface area contributed by atoms with Gasteiger partial charge in [0.1, 0.15) is 0 Å². The Labute approximate surface area is 151 Å². The number of hydrogen-bond acceptors (Lipinski definition) is 4. The van der Waals surface area contributed by atoms with Gasteiger partial charge in [0.25, 0.3) is 0 Å². The fourth-order valence-electron chi connectivity index (χ4n) is 4.37. The standard InChI is InChI=1S/C21H30N4/c1-16-12-25(14-19-8-6-5-7-9-19)13-17(2)21(16)24(4)15-20-11-22-18(3)10-23-20/h5-11,16-17,21H,12-15H2,1-4H3/t16-,17-/m1/s1. The van der Waals surface area contributed by atoms with E-state index in [4.69, 9.17) is 0 Å². The quantitative estimate of drug-likeness (QED) is 0.837. The van der Waals surface area contributed by atoms with Gasteiger partial charge in [-0.2, -0.15) is 0 Å². The Morgan fingerprint density at radius 3 is 2.32 bits per heavy atom. The van der Waals surface area contributed by atoms with Crippen molar-refractivity contribution in [3.63, 3.8) is 0 Å². The van der Waals surface area contributed by atoms with Crippen molar-refractivity contribution >= 4 is 0 Å². The molecular weight excluding hydrogens is 308 g/mol. The van der Waals surface area contributed by atoms with Crippen molar-refractivity contribution in [3.05, 3.63) is 59.7 Å². The van der Waals surface area contributed by atoms with Crippen LogP contribution in [-0.4, -0.2) is 45.9 Å². The van der Waals surface area contributed by atoms with Crippen molar-refractivity contribution in [1.29, 1.82) is 0 Å². The van der Waals surface area contributed by atoms with Crippen LogP contribution in [-0.2, 0) is 13.1 Å². The van der Waals surface area contributed by atoms with E-state index in [1.807, 2.05) is 19.3 Å². The van der Waals surface area contributed by atoms with E-state index in [9.17, 15) is 0 Å². The number of aromatic nitrogens is 2. The fourth-order valence-corrected chi connectivity index (χ4v) is 4.37. The molecule has 2 heterocycles. The van der Waals surface area contributed by atoms with Crippen molar-refractivity contribution in [2.75, 3.05) is 20.1 Å². The van der Waals surface area contributed by atoms with Gasteiger partial charge >= 0.3 is 0 Å². The van der Waals surface area contributed by atoms with Crippen LogP contribution in [0.4, 0.5) is 0 Å². The molecule has 0 N–H and O–H groups in total. The molecule has 3 rings (SSSR count). The van der Waals surface area contributed by atoms with Crippen LogP contribution in [0, 0.1) is 18.8 Å². The number of nitrogens with zero attached hydrogens (tertiary/aromatic N) is 4. The number of benzene rings is 1. The van der Waals surface area contributed by atoms with Crippen molar-refractivity contribution in [3.8, 4) is 0 Å². The third-order valence-electron chi connectivity index (χ3n) is 5.26. The van der Waals surface area contributed by atoms with E-state index in [0.717, 1.165) is 37.6 Å². The molecule has 1 fully saturated rings. The van der Waals surface area contributed by atoms with Crippen LogP contribution in [0.15, 0.2) is 42.7 Å². The molecule has 0 spiro atoms. The zero-order valence-corrected chi connectivity index (χ0v) is 15.9. The summed E-state index contributed by atoms with van der Waals surface area (Å²) in [5.41, 5.74) is 3.44. The molecule has 0 aliphatic carbocycles. The van der Waals surface area contributed by atoms with E-state index in [1.54, 1.807) is 0 Å². The molecular formula is C21H30N4. The Kier molecular flexibility index (Phi) is 5.82. The summed E-state index contributed by atoms with van der Waals surface area (Å²) in [5, 5.41) is 0. The zero-order valence-electron chi connectivity index (χ0n) is 15.9. The highest BCUT2D eigenvalue weighted by molar-refractivity contribution is 5.14. The minimum absolute atomic E-state index is 0.579. The number of aryl methyl sites for hydroxylation is 1. The number of likely N-dealkylation sites (tertiary alicyclic amines) is 1. The van der Waals surface area contributed by atoms with E-state index >= 15 is 0 Å². The van der Waals surface area contributed by atoms with Gasteiger partial charge in [-0.1, -0.05) is 44.2 Å². The van der Waals surface area contributed by atoms with Crippen LogP contribution < -0.4 is 0 Å². The summed E-state index contributed by atoms with van der Waals surface area (Å²) in [6.07, 6.45) is 3.77. The Balaban J connectivity index is 1.60. The van der Waals surface area contributed by atoms with Gasteiger partial charge in [-0.3, -0.25) is 19.8 Å². The van der Waals surface area contributed by atoms with Gasteiger partial charge in [0.2, 0.25) is 0 Å². The number of piperidine rings is 1. The highest BCUT2D eigenvalue weighted by Gasteiger charge is 2.34. The van der Waals surface area contributed by atoms with Crippen molar-refractivity contribution in [1.82, 2.24) is 19.8 Å². The molecule has 25 heavy (non-hydrogen) atoms. The molecule has 0 bridgehead atoms.